The predicted molar refractivity (Wildman–Crippen MR) is 85.8 cm³/mol. The van der Waals surface area contributed by atoms with Crippen molar-refractivity contribution in [1.82, 2.24) is 10.2 Å². The lowest BCUT2D eigenvalue weighted by molar-refractivity contribution is -0.132. The van der Waals surface area contributed by atoms with Gasteiger partial charge in [-0.05, 0) is 49.5 Å². The van der Waals surface area contributed by atoms with Crippen LogP contribution in [0.15, 0.2) is 11.4 Å². The Morgan fingerprint density at radius 3 is 2.86 bits per heavy atom. The molecule has 1 N–H and O–H groups in total. The summed E-state index contributed by atoms with van der Waals surface area (Å²) in [6.07, 6.45) is 8.78. The van der Waals surface area contributed by atoms with Gasteiger partial charge in [0.2, 0.25) is 0 Å². The Hall–Kier alpha value is -1.36. The first-order valence-electron chi connectivity index (χ1n) is 8.42. The van der Waals surface area contributed by atoms with Crippen LogP contribution < -0.4 is 5.32 Å². The van der Waals surface area contributed by atoms with E-state index in [1.807, 2.05) is 11.4 Å². The average molecular weight is 318 g/mol. The molecule has 2 fully saturated rings. The van der Waals surface area contributed by atoms with Gasteiger partial charge in [0.1, 0.15) is 5.54 Å². The number of fused-ring (bicyclic) bond motifs is 2. The van der Waals surface area contributed by atoms with Crippen LogP contribution in [0.1, 0.15) is 55.4 Å². The van der Waals surface area contributed by atoms with Crippen molar-refractivity contribution < 1.29 is 9.59 Å². The summed E-state index contributed by atoms with van der Waals surface area (Å²) in [5.74, 6) is 0.478. The van der Waals surface area contributed by atoms with Crippen LogP contribution in [0, 0.1) is 5.92 Å². The van der Waals surface area contributed by atoms with E-state index in [1.165, 1.54) is 29.0 Å². The van der Waals surface area contributed by atoms with E-state index < -0.39 is 5.54 Å². The van der Waals surface area contributed by atoms with Crippen LogP contribution in [0.3, 0.4) is 0 Å². The monoisotopic (exact) mass is 318 g/mol. The van der Waals surface area contributed by atoms with Crippen molar-refractivity contribution in [2.75, 3.05) is 6.54 Å². The molecule has 1 saturated heterocycles. The van der Waals surface area contributed by atoms with Gasteiger partial charge in [-0.1, -0.05) is 19.3 Å². The number of imide groups is 1. The summed E-state index contributed by atoms with van der Waals surface area (Å²) >= 11 is 1.70. The zero-order valence-electron chi connectivity index (χ0n) is 12.8. The number of rotatable bonds is 2. The highest BCUT2D eigenvalue weighted by atomic mass is 32.1. The van der Waals surface area contributed by atoms with Gasteiger partial charge in [-0.25, -0.2) is 4.79 Å². The van der Waals surface area contributed by atoms with E-state index in [4.69, 9.17) is 0 Å². The minimum Gasteiger partial charge on any atom is -0.319 e. The number of nitrogens with zero attached hydrogens (tertiary/aromatic N) is 1. The highest BCUT2D eigenvalue weighted by molar-refractivity contribution is 7.10. The van der Waals surface area contributed by atoms with Gasteiger partial charge in [-0.3, -0.25) is 9.69 Å². The molecular weight excluding hydrogens is 296 g/mol. The summed E-state index contributed by atoms with van der Waals surface area (Å²) < 4.78 is 0. The molecule has 118 valence electrons. The number of carbonyl (C=O) groups excluding carboxylic acids is 2. The summed E-state index contributed by atoms with van der Waals surface area (Å²) in [5, 5.41) is 5.09. The molecule has 22 heavy (non-hydrogen) atoms. The Bertz CT molecular complexity index is 606. The summed E-state index contributed by atoms with van der Waals surface area (Å²) in [7, 11) is 0. The second-order valence-electron chi connectivity index (χ2n) is 6.87. The van der Waals surface area contributed by atoms with Gasteiger partial charge < -0.3 is 5.32 Å². The molecule has 4 nitrogen and oxygen atoms in total. The molecule has 3 aliphatic rings. The number of aryl methyl sites for hydroxylation is 1. The lowest BCUT2D eigenvalue weighted by Gasteiger charge is -2.31. The van der Waals surface area contributed by atoms with Gasteiger partial charge in [0.25, 0.3) is 5.91 Å². The minimum absolute atomic E-state index is 0.0116. The topological polar surface area (TPSA) is 49.4 Å². The molecule has 0 unspecified atom stereocenters. The molecule has 1 aromatic heterocycles. The Labute approximate surface area is 134 Å². The summed E-state index contributed by atoms with van der Waals surface area (Å²) in [6.45, 7) is 0.603. The summed E-state index contributed by atoms with van der Waals surface area (Å²) in [4.78, 5) is 28.3. The van der Waals surface area contributed by atoms with E-state index in [-0.39, 0.29) is 11.9 Å². The molecule has 1 spiro atoms. The van der Waals surface area contributed by atoms with Crippen molar-refractivity contribution in [3.05, 3.63) is 21.9 Å². The Morgan fingerprint density at radius 1 is 1.23 bits per heavy atom. The Kier molecular flexibility index (Phi) is 3.48. The van der Waals surface area contributed by atoms with Crippen LogP contribution in [0.25, 0.3) is 0 Å². The van der Waals surface area contributed by atoms with Crippen molar-refractivity contribution in [2.45, 2.75) is 56.9 Å². The van der Waals surface area contributed by atoms with Crippen LogP contribution in [0.5, 0.6) is 0 Å². The number of carbonyl (C=O) groups is 2. The predicted octanol–water partition coefficient (Wildman–Crippen LogP) is 3.41. The van der Waals surface area contributed by atoms with Crippen molar-refractivity contribution in [2.24, 2.45) is 5.92 Å². The van der Waals surface area contributed by atoms with Gasteiger partial charge >= 0.3 is 6.03 Å². The van der Waals surface area contributed by atoms with Gasteiger partial charge in [-0.15, -0.1) is 11.3 Å². The number of amides is 3. The fraction of sp³-hybridized carbons (Fsp3) is 0.647. The maximum Gasteiger partial charge on any atom is 0.325 e. The third-order valence-corrected chi connectivity index (χ3v) is 6.48. The molecule has 3 amide bonds. The van der Waals surface area contributed by atoms with Crippen LogP contribution >= 0.6 is 11.3 Å². The zero-order chi connectivity index (χ0) is 15.2. The van der Waals surface area contributed by atoms with Crippen molar-refractivity contribution in [3.63, 3.8) is 0 Å². The van der Waals surface area contributed by atoms with Crippen molar-refractivity contribution in [1.29, 1.82) is 0 Å². The van der Waals surface area contributed by atoms with E-state index in [0.29, 0.717) is 12.5 Å². The molecule has 0 bridgehead atoms. The molecule has 1 aromatic rings. The smallest absolute Gasteiger partial charge is 0.319 e. The first-order valence-corrected chi connectivity index (χ1v) is 9.30. The number of hydrogen-bond acceptors (Lipinski definition) is 3. The fourth-order valence-electron chi connectivity index (χ4n) is 4.34. The molecule has 1 atom stereocenters. The second kappa shape index (κ2) is 5.37. The minimum atomic E-state index is -0.765. The normalized spacial score (nSPS) is 29.0. The molecule has 0 radical (unpaired) electrons. The van der Waals surface area contributed by atoms with E-state index in [2.05, 4.69) is 5.32 Å². The summed E-state index contributed by atoms with van der Waals surface area (Å²) in [6, 6.07) is 1.84. The number of thiophene rings is 1. The average Bonchev–Trinajstić information content (AvgIpc) is 3.10. The molecule has 1 aliphatic heterocycles. The molecule has 0 aromatic carbocycles. The maximum absolute atomic E-state index is 13.1. The van der Waals surface area contributed by atoms with Crippen molar-refractivity contribution in [3.8, 4) is 0 Å². The third-order valence-electron chi connectivity index (χ3n) is 5.50. The molecule has 5 heteroatoms. The quantitative estimate of drug-likeness (QED) is 0.850. The largest absolute Gasteiger partial charge is 0.325 e. The van der Waals surface area contributed by atoms with Crippen LogP contribution in [0.2, 0.25) is 0 Å². The van der Waals surface area contributed by atoms with E-state index >= 15 is 0 Å². The molecule has 1 saturated carbocycles. The first kappa shape index (κ1) is 14.2. The maximum atomic E-state index is 13.1. The van der Waals surface area contributed by atoms with E-state index in [0.717, 1.165) is 37.7 Å². The van der Waals surface area contributed by atoms with E-state index in [9.17, 15) is 9.59 Å². The van der Waals surface area contributed by atoms with Gasteiger partial charge in [-0.2, -0.15) is 0 Å². The first-order chi connectivity index (χ1) is 10.7. The van der Waals surface area contributed by atoms with Crippen LogP contribution in [0.4, 0.5) is 4.79 Å². The lowest BCUT2D eigenvalue weighted by Crippen LogP contribution is -2.46. The van der Waals surface area contributed by atoms with Crippen molar-refractivity contribution >= 4 is 23.3 Å². The zero-order valence-corrected chi connectivity index (χ0v) is 13.6. The second-order valence-corrected chi connectivity index (χ2v) is 7.87. The molecule has 2 aliphatic carbocycles. The fourth-order valence-corrected chi connectivity index (χ4v) is 5.33. The van der Waals surface area contributed by atoms with Gasteiger partial charge in [0.15, 0.2) is 0 Å². The number of urea groups is 1. The van der Waals surface area contributed by atoms with Crippen LogP contribution in [-0.4, -0.2) is 23.4 Å². The molecular formula is C17H22N2O2S. The lowest BCUT2D eigenvalue weighted by atomic mass is 9.80. The third kappa shape index (κ3) is 2.09. The molecule has 4 rings (SSSR count). The number of hydrogen-bond donors (Lipinski definition) is 1. The standard InChI is InChI=1S/C17H22N2O2S/c20-15-17(9-4-7-14-13(17)8-10-22-14)18-16(21)19(15)11-12-5-2-1-3-6-12/h8,10,12H,1-7,9,11H2,(H,18,21)/t17-/m1/s1. The number of nitrogens with one attached hydrogen (secondary N) is 1. The Morgan fingerprint density at radius 2 is 2.05 bits per heavy atom. The molecule has 2 heterocycles. The highest BCUT2D eigenvalue weighted by Gasteiger charge is 2.54. The van der Waals surface area contributed by atoms with Gasteiger partial charge in [0.05, 0.1) is 0 Å². The summed E-state index contributed by atoms with van der Waals surface area (Å²) in [5.41, 5.74) is 0.285. The van der Waals surface area contributed by atoms with Crippen LogP contribution in [-0.2, 0) is 16.8 Å². The SMILES string of the molecule is O=C1N[C@@]2(CCCc3sccc32)C(=O)N1CC1CCCCC1. The van der Waals surface area contributed by atoms with Gasteiger partial charge in [0, 0.05) is 17.0 Å². The Balaban J connectivity index is 1.60. The highest BCUT2D eigenvalue weighted by Crippen LogP contribution is 2.42. The van der Waals surface area contributed by atoms with E-state index in [1.54, 1.807) is 11.3 Å².